The molecule has 0 N–H and O–H groups in total. The summed E-state index contributed by atoms with van der Waals surface area (Å²) in [7, 11) is 0. The van der Waals surface area contributed by atoms with E-state index in [0.29, 0.717) is 5.75 Å². The van der Waals surface area contributed by atoms with Crippen LogP contribution < -0.4 is 0 Å². The molecule has 0 aromatic heterocycles. The first-order chi connectivity index (χ1) is 3.31. The lowest BCUT2D eigenvalue weighted by Crippen LogP contribution is -1.95. The van der Waals surface area contributed by atoms with Crippen LogP contribution in [-0.4, -0.2) is 17.8 Å². The van der Waals surface area contributed by atoms with Gasteiger partial charge < -0.3 is 0 Å². The fourth-order valence-corrected chi connectivity index (χ4v) is 0.762. The molecule has 0 fully saturated rings. The van der Waals surface area contributed by atoms with Gasteiger partial charge in [0.05, 0.1) is 11.5 Å². The fourth-order valence-electron chi connectivity index (χ4n) is 0.180. The molecule has 0 amide bonds. The highest BCUT2D eigenvalue weighted by molar-refractivity contribution is 7.99. The lowest BCUT2D eigenvalue weighted by atomic mass is 10.5. The molecule has 41 valence electrons. The predicted octanol–water partition coefficient (Wildman–Crippen LogP) is 1.01. The Morgan fingerprint density at radius 3 is 2.71 bits per heavy atom. The van der Waals surface area contributed by atoms with Crippen molar-refractivity contribution >= 4 is 30.2 Å². The van der Waals surface area contributed by atoms with Crippen LogP contribution >= 0.6 is 24.4 Å². The lowest BCUT2D eigenvalue weighted by molar-refractivity contribution is -0.112. The predicted molar refractivity (Wildman–Crippen MR) is 36.7 cm³/mol. The Morgan fingerprint density at radius 2 is 2.57 bits per heavy atom. The van der Waals surface area contributed by atoms with Crippen LogP contribution in [0.25, 0.3) is 0 Å². The van der Waals surface area contributed by atoms with Gasteiger partial charge in [-0.3, -0.25) is 4.79 Å². The van der Waals surface area contributed by atoms with Crippen molar-refractivity contribution in [3.8, 4) is 0 Å². The monoisotopic (exact) mass is 135 g/mol. The minimum absolute atomic E-state index is 0.0795. The zero-order chi connectivity index (χ0) is 5.70. The number of carbonyl (C=O) groups excluding carboxylic acids is 1. The van der Waals surface area contributed by atoms with Gasteiger partial charge in [-0.15, -0.1) is 0 Å². The summed E-state index contributed by atoms with van der Waals surface area (Å²) in [6, 6.07) is 0. The SMILES string of the molecule is CSCC(=O)[CH]S. The Balaban J connectivity index is 3.00. The second-order valence-corrected chi connectivity index (χ2v) is 2.15. The Hall–Kier alpha value is 0.370. The molecule has 0 unspecified atom stereocenters. The molecule has 1 radical (unpaired) electrons. The van der Waals surface area contributed by atoms with E-state index in [1.165, 1.54) is 17.5 Å². The van der Waals surface area contributed by atoms with Crippen molar-refractivity contribution in [2.75, 3.05) is 12.0 Å². The number of thiol groups is 1. The number of Topliss-reactive ketones (excluding diaryl/α,β-unsaturated/α-hetero) is 1. The van der Waals surface area contributed by atoms with E-state index >= 15 is 0 Å². The molecule has 0 aliphatic carbocycles. The van der Waals surface area contributed by atoms with E-state index in [9.17, 15) is 4.79 Å². The van der Waals surface area contributed by atoms with E-state index in [1.807, 2.05) is 6.26 Å². The third kappa shape index (κ3) is 4.22. The number of hydrogen-bond acceptors (Lipinski definition) is 3. The Bertz CT molecular complexity index is 62.7. The third-order valence-corrected chi connectivity index (χ3v) is 1.29. The zero-order valence-electron chi connectivity index (χ0n) is 4.05. The summed E-state index contributed by atoms with van der Waals surface area (Å²) in [5.41, 5.74) is 0. The first-order valence-electron chi connectivity index (χ1n) is 1.80. The number of thioether (sulfide) groups is 1. The molecular formula is C4H7OS2. The Kier molecular flexibility index (Phi) is 4.77. The van der Waals surface area contributed by atoms with E-state index in [2.05, 4.69) is 12.6 Å². The Morgan fingerprint density at radius 1 is 2.00 bits per heavy atom. The topological polar surface area (TPSA) is 17.1 Å². The number of hydrogen-bond donors (Lipinski definition) is 1. The second-order valence-electron chi connectivity index (χ2n) is 1.03. The maximum atomic E-state index is 10.3. The molecule has 0 rings (SSSR count). The molecule has 7 heavy (non-hydrogen) atoms. The summed E-state index contributed by atoms with van der Waals surface area (Å²) in [6.45, 7) is 0. The van der Waals surface area contributed by atoms with Gasteiger partial charge in [0.25, 0.3) is 0 Å². The first kappa shape index (κ1) is 7.37. The van der Waals surface area contributed by atoms with Crippen molar-refractivity contribution in [2.45, 2.75) is 0 Å². The maximum Gasteiger partial charge on any atom is 0.156 e. The average Bonchev–Trinajstić information content (AvgIpc) is 1.68. The summed E-state index contributed by atoms with van der Waals surface area (Å²) in [4.78, 5) is 10.3. The van der Waals surface area contributed by atoms with Gasteiger partial charge in [0.1, 0.15) is 0 Å². The third-order valence-electron chi connectivity index (χ3n) is 0.431. The van der Waals surface area contributed by atoms with Crippen molar-refractivity contribution in [3.63, 3.8) is 0 Å². The van der Waals surface area contributed by atoms with Crippen LogP contribution in [-0.2, 0) is 4.79 Å². The summed E-state index contributed by atoms with van der Waals surface area (Å²) >= 11 is 5.17. The standard InChI is InChI=1S/C4H7OS2/c1-7-3-4(5)2-6/h2,6H,3H2,1H3. The summed E-state index contributed by atoms with van der Waals surface area (Å²) in [6.07, 6.45) is 1.88. The number of ketones is 1. The van der Waals surface area contributed by atoms with Gasteiger partial charge in [0.15, 0.2) is 5.78 Å². The molecule has 0 aliphatic heterocycles. The highest BCUT2D eigenvalue weighted by Crippen LogP contribution is 1.95. The largest absolute Gasteiger partial charge is 0.297 e. The van der Waals surface area contributed by atoms with Gasteiger partial charge in [0, 0.05) is 0 Å². The first-order valence-corrected chi connectivity index (χ1v) is 3.71. The molecule has 0 bridgehead atoms. The minimum atomic E-state index is 0.0795. The second kappa shape index (κ2) is 4.53. The van der Waals surface area contributed by atoms with Gasteiger partial charge in [-0.2, -0.15) is 24.4 Å². The Labute approximate surface area is 53.3 Å². The van der Waals surface area contributed by atoms with Crippen LogP contribution in [0, 0.1) is 5.75 Å². The molecule has 0 saturated carbocycles. The van der Waals surface area contributed by atoms with Gasteiger partial charge in [-0.25, -0.2) is 0 Å². The maximum absolute atomic E-state index is 10.3. The molecular weight excluding hydrogens is 128 g/mol. The van der Waals surface area contributed by atoms with Crippen molar-refractivity contribution in [1.82, 2.24) is 0 Å². The highest BCUT2D eigenvalue weighted by atomic mass is 32.2. The molecule has 0 saturated heterocycles. The highest BCUT2D eigenvalue weighted by Gasteiger charge is 1.93. The molecule has 3 heteroatoms. The van der Waals surface area contributed by atoms with Crippen molar-refractivity contribution in [3.05, 3.63) is 5.75 Å². The molecule has 0 aromatic carbocycles. The smallest absolute Gasteiger partial charge is 0.156 e. The molecule has 0 aromatic rings. The van der Waals surface area contributed by atoms with Crippen LogP contribution in [0.2, 0.25) is 0 Å². The summed E-state index contributed by atoms with van der Waals surface area (Å²) in [5.74, 6) is 1.91. The van der Waals surface area contributed by atoms with E-state index in [-0.39, 0.29) is 5.78 Å². The number of rotatable bonds is 3. The number of carbonyl (C=O) groups is 1. The van der Waals surface area contributed by atoms with Crippen LogP contribution in [0.3, 0.4) is 0 Å². The summed E-state index contributed by atoms with van der Waals surface area (Å²) in [5, 5.41) is 0. The minimum Gasteiger partial charge on any atom is -0.297 e. The normalized spacial score (nSPS) is 8.86. The van der Waals surface area contributed by atoms with E-state index in [1.54, 1.807) is 0 Å². The van der Waals surface area contributed by atoms with Crippen LogP contribution in [0.5, 0.6) is 0 Å². The zero-order valence-corrected chi connectivity index (χ0v) is 5.76. The van der Waals surface area contributed by atoms with E-state index < -0.39 is 0 Å². The van der Waals surface area contributed by atoms with Crippen molar-refractivity contribution in [2.24, 2.45) is 0 Å². The van der Waals surface area contributed by atoms with E-state index in [0.717, 1.165) is 0 Å². The quantitative estimate of drug-likeness (QED) is 0.582. The molecule has 1 nitrogen and oxygen atoms in total. The molecule has 0 heterocycles. The van der Waals surface area contributed by atoms with Crippen molar-refractivity contribution in [1.29, 1.82) is 0 Å². The van der Waals surface area contributed by atoms with E-state index in [4.69, 9.17) is 0 Å². The van der Waals surface area contributed by atoms with Gasteiger partial charge in [-0.05, 0) is 6.26 Å². The van der Waals surface area contributed by atoms with Crippen LogP contribution in [0.1, 0.15) is 0 Å². The van der Waals surface area contributed by atoms with Crippen LogP contribution in [0.15, 0.2) is 0 Å². The molecule has 0 atom stereocenters. The average molecular weight is 135 g/mol. The fraction of sp³-hybridized carbons (Fsp3) is 0.500. The lowest BCUT2D eigenvalue weighted by Gasteiger charge is -1.86. The van der Waals surface area contributed by atoms with Crippen molar-refractivity contribution < 1.29 is 4.79 Å². The summed E-state index contributed by atoms with van der Waals surface area (Å²) < 4.78 is 0. The van der Waals surface area contributed by atoms with Gasteiger partial charge >= 0.3 is 0 Å². The molecule has 0 spiro atoms. The van der Waals surface area contributed by atoms with Crippen LogP contribution in [0.4, 0.5) is 0 Å². The molecule has 0 aliphatic rings. The van der Waals surface area contributed by atoms with Gasteiger partial charge in [0.2, 0.25) is 0 Å². The van der Waals surface area contributed by atoms with Gasteiger partial charge in [-0.1, -0.05) is 0 Å².